The number of rotatable bonds is 4. The van der Waals surface area contributed by atoms with E-state index < -0.39 is 0 Å². The van der Waals surface area contributed by atoms with Crippen LogP contribution in [0, 0.1) is 13.8 Å². The van der Waals surface area contributed by atoms with Crippen LogP contribution >= 0.6 is 0 Å². The van der Waals surface area contributed by atoms with Crippen LogP contribution in [0.1, 0.15) is 50.8 Å². The molecule has 4 rings (SSSR count). The third-order valence-electron chi connectivity index (χ3n) is 5.89. The van der Waals surface area contributed by atoms with Gasteiger partial charge in [-0.05, 0) is 55.5 Å². The van der Waals surface area contributed by atoms with Gasteiger partial charge < -0.3 is 15.0 Å². The number of hydrogen-bond donors (Lipinski definition) is 2. The minimum atomic E-state index is -0.136. The lowest BCUT2D eigenvalue weighted by molar-refractivity contribution is 0.0164. The number of carbonyl (C=O) groups is 1. The van der Waals surface area contributed by atoms with Crippen LogP contribution in [0.4, 0.5) is 0 Å². The molecule has 1 aromatic heterocycles. The van der Waals surface area contributed by atoms with E-state index in [9.17, 15) is 9.59 Å². The highest BCUT2D eigenvalue weighted by Gasteiger charge is 2.31. The molecule has 6 nitrogen and oxygen atoms in total. The average molecular weight is 381 g/mol. The minimum Gasteiger partial charge on any atom is -0.379 e. The molecule has 0 radical (unpaired) electrons. The summed E-state index contributed by atoms with van der Waals surface area (Å²) in [4.78, 5) is 30.4. The number of aromatic nitrogens is 1. The van der Waals surface area contributed by atoms with Crippen molar-refractivity contribution in [1.82, 2.24) is 15.2 Å². The second-order valence-electron chi connectivity index (χ2n) is 7.70. The number of nitrogens with zero attached hydrogens (tertiary/aromatic N) is 1. The van der Waals surface area contributed by atoms with Gasteiger partial charge in [0.25, 0.3) is 11.5 Å². The Hall–Kier alpha value is -2.44. The zero-order valence-corrected chi connectivity index (χ0v) is 16.5. The summed E-state index contributed by atoms with van der Waals surface area (Å²) < 4.78 is 5.48. The molecule has 0 saturated carbocycles. The van der Waals surface area contributed by atoms with Crippen LogP contribution in [0.25, 0.3) is 0 Å². The molecule has 2 N–H and O–H groups in total. The first-order valence-electron chi connectivity index (χ1n) is 9.96. The van der Waals surface area contributed by atoms with Crippen molar-refractivity contribution in [3.8, 4) is 0 Å². The van der Waals surface area contributed by atoms with E-state index in [0.717, 1.165) is 61.5 Å². The van der Waals surface area contributed by atoms with Crippen molar-refractivity contribution >= 4 is 5.91 Å². The summed E-state index contributed by atoms with van der Waals surface area (Å²) in [6.07, 6.45) is 1.95. The summed E-state index contributed by atoms with van der Waals surface area (Å²) in [5, 5.41) is 2.95. The second kappa shape index (κ2) is 7.89. The molecule has 1 unspecified atom stereocenters. The van der Waals surface area contributed by atoms with Gasteiger partial charge in [-0.25, -0.2) is 0 Å². The van der Waals surface area contributed by atoms with Crippen molar-refractivity contribution in [3.05, 3.63) is 68.1 Å². The van der Waals surface area contributed by atoms with Gasteiger partial charge in [-0.1, -0.05) is 12.1 Å². The van der Waals surface area contributed by atoms with Crippen molar-refractivity contribution in [2.75, 3.05) is 26.3 Å². The van der Waals surface area contributed by atoms with Gasteiger partial charge in [-0.3, -0.25) is 14.5 Å². The van der Waals surface area contributed by atoms with E-state index in [2.05, 4.69) is 21.3 Å². The van der Waals surface area contributed by atoms with Crippen LogP contribution in [0.15, 0.2) is 29.1 Å². The Morgan fingerprint density at radius 3 is 2.82 bits per heavy atom. The topological polar surface area (TPSA) is 74.4 Å². The third kappa shape index (κ3) is 3.62. The van der Waals surface area contributed by atoms with Crippen molar-refractivity contribution in [1.29, 1.82) is 0 Å². The fraction of sp³-hybridized carbons (Fsp3) is 0.455. The van der Waals surface area contributed by atoms with Crippen LogP contribution in [0.3, 0.4) is 0 Å². The molecule has 6 heteroatoms. The normalized spacial score (nSPS) is 19.4. The summed E-state index contributed by atoms with van der Waals surface area (Å²) in [5.41, 5.74) is 5.33. The maximum Gasteiger partial charge on any atom is 0.253 e. The van der Waals surface area contributed by atoms with E-state index in [0.29, 0.717) is 11.6 Å². The van der Waals surface area contributed by atoms with Gasteiger partial charge >= 0.3 is 0 Å². The first kappa shape index (κ1) is 18.9. The van der Waals surface area contributed by atoms with E-state index in [-0.39, 0.29) is 18.0 Å². The van der Waals surface area contributed by atoms with Crippen molar-refractivity contribution in [3.63, 3.8) is 0 Å². The molecule has 1 fully saturated rings. The number of amides is 1. The summed E-state index contributed by atoms with van der Waals surface area (Å²) in [6, 6.07) is 8.30. The number of fused-ring (bicyclic) bond motifs is 1. The molecule has 148 valence electrons. The Bertz CT molecular complexity index is 945. The number of pyridine rings is 1. The van der Waals surface area contributed by atoms with Crippen molar-refractivity contribution in [2.45, 2.75) is 39.3 Å². The zero-order valence-electron chi connectivity index (χ0n) is 16.5. The van der Waals surface area contributed by atoms with Crippen molar-refractivity contribution in [2.24, 2.45) is 0 Å². The summed E-state index contributed by atoms with van der Waals surface area (Å²) >= 11 is 0. The van der Waals surface area contributed by atoms with Gasteiger partial charge in [-0.2, -0.15) is 0 Å². The predicted octanol–water partition coefficient (Wildman–Crippen LogP) is 2.24. The monoisotopic (exact) mass is 381 g/mol. The standard InChI is InChI=1S/C22H27N3O3/c1-14-12-15(2)24-22(27)19(14)13-23-21(26)18-5-3-4-17-16(18)6-7-20(17)25-8-10-28-11-9-25/h3-5,12,20H,6-11,13H2,1-2H3,(H,23,26)(H,24,27). The molecule has 0 bridgehead atoms. The van der Waals surface area contributed by atoms with E-state index in [1.165, 1.54) is 5.56 Å². The molecule has 1 atom stereocenters. The van der Waals surface area contributed by atoms with Crippen LogP contribution < -0.4 is 10.9 Å². The molecule has 2 aromatic rings. The number of aromatic amines is 1. The number of H-pyrrole nitrogens is 1. The van der Waals surface area contributed by atoms with Crippen molar-refractivity contribution < 1.29 is 9.53 Å². The number of nitrogens with one attached hydrogen (secondary N) is 2. The van der Waals surface area contributed by atoms with Gasteiger partial charge in [0.2, 0.25) is 0 Å². The van der Waals surface area contributed by atoms with Crippen LogP contribution in [0.2, 0.25) is 0 Å². The maximum absolute atomic E-state index is 12.9. The van der Waals surface area contributed by atoms with Crippen LogP contribution in [-0.2, 0) is 17.7 Å². The molecule has 2 aliphatic rings. The lowest BCUT2D eigenvalue weighted by Gasteiger charge is -2.32. The quantitative estimate of drug-likeness (QED) is 0.852. The summed E-state index contributed by atoms with van der Waals surface area (Å²) in [7, 11) is 0. The molecule has 1 aliphatic carbocycles. The molecule has 1 aromatic carbocycles. The Morgan fingerprint density at radius 2 is 2.07 bits per heavy atom. The second-order valence-corrected chi connectivity index (χ2v) is 7.70. The van der Waals surface area contributed by atoms with Crippen LogP contribution in [0.5, 0.6) is 0 Å². The molecular formula is C22H27N3O3. The summed E-state index contributed by atoms with van der Waals surface area (Å²) in [5.74, 6) is -0.112. The Labute approximate surface area is 164 Å². The molecule has 28 heavy (non-hydrogen) atoms. The number of morpholine rings is 1. The number of aryl methyl sites for hydroxylation is 2. The first-order valence-corrected chi connectivity index (χ1v) is 9.96. The van der Waals surface area contributed by atoms with E-state index in [1.807, 2.05) is 32.0 Å². The number of hydrogen-bond acceptors (Lipinski definition) is 4. The maximum atomic E-state index is 12.9. The predicted molar refractivity (Wildman–Crippen MR) is 108 cm³/mol. The molecule has 0 spiro atoms. The lowest BCUT2D eigenvalue weighted by Crippen LogP contribution is -2.38. The molecule has 1 aliphatic heterocycles. The highest BCUT2D eigenvalue weighted by atomic mass is 16.5. The number of ether oxygens (including phenoxy) is 1. The van der Waals surface area contributed by atoms with Gasteiger partial charge in [-0.15, -0.1) is 0 Å². The Balaban J connectivity index is 1.52. The zero-order chi connectivity index (χ0) is 19.7. The lowest BCUT2D eigenvalue weighted by atomic mass is 10.0. The molecular weight excluding hydrogens is 354 g/mol. The average Bonchev–Trinajstić information content (AvgIpc) is 3.12. The Morgan fingerprint density at radius 1 is 1.29 bits per heavy atom. The van der Waals surface area contributed by atoms with Gasteiger partial charge in [0, 0.05) is 42.5 Å². The van der Waals surface area contributed by atoms with Gasteiger partial charge in [0.05, 0.1) is 13.2 Å². The molecule has 1 amide bonds. The number of benzene rings is 1. The first-order chi connectivity index (χ1) is 13.5. The highest BCUT2D eigenvalue weighted by Crippen LogP contribution is 2.37. The molecule has 2 heterocycles. The van der Waals surface area contributed by atoms with Gasteiger partial charge in [0.1, 0.15) is 0 Å². The SMILES string of the molecule is Cc1cc(C)c(CNC(=O)c2cccc3c2CCC3N2CCOCC2)c(=O)[nH]1. The summed E-state index contributed by atoms with van der Waals surface area (Å²) in [6.45, 7) is 7.42. The van der Waals surface area contributed by atoms with E-state index in [4.69, 9.17) is 4.74 Å². The molecule has 1 saturated heterocycles. The largest absolute Gasteiger partial charge is 0.379 e. The van der Waals surface area contributed by atoms with E-state index >= 15 is 0 Å². The van der Waals surface area contributed by atoms with Crippen LogP contribution in [-0.4, -0.2) is 42.1 Å². The van der Waals surface area contributed by atoms with E-state index in [1.54, 1.807) is 0 Å². The smallest absolute Gasteiger partial charge is 0.253 e. The van der Waals surface area contributed by atoms with Gasteiger partial charge in [0.15, 0.2) is 0 Å². The highest BCUT2D eigenvalue weighted by molar-refractivity contribution is 5.96. The Kier molecular flexibility index (Phi) is 5.33. The fourth-order valence-electron chi connectivity index (χ4n) is 4.48. The number of carbonyl (C=O) groups excluding carboxylic acids is 1. The minimum absolute atomic E-state index is 0.112. The third-order valence-corrected chi connectivity index (χ3v) is 5.89. The fourth-order valence-corrected chi connectivity index (χ4v) is 4.48.